The van der Waals surface area contributed by atoms with Crippen LogP contribution >= 0.6 is 0 Å². The third kappa shape index (κ3) is 3.23. The van der Waals surface area contributed by atoms with Crippen LogP contribution in [0.3, 0.4) is 0 Å². The average Bonchev–Trinajstić information content (AvgIpc) is 2.58. The van der Waals surface area contributed by atoms with E-state index in [0.29, 0.717) is 6.54 Å². The van der Waals surface area contributed by atoms with E-state index in [1.54, 1.807) is 13.8 Å². The third-order valence-corrected chi connectivity index (χ3v) is 2.07. The van der Waals surface area contributed by atoms with Gasteiger partial charge in [0.05, 0.1) is 5.60 Å². The van der Waals surface area contributed by atoms with Crippen molar-refractivity contribution in [3.63, 3.8) is 0 Å². The summed E-state index contributed by atoms with van der Waals surface area (Å²) in [4.78, 5) is 29.0. The van der Waals surface area contributed by atoms with Crippen molar-refractivity contribution in [2.45, 2.75) is 26.4 Å². The molecule has 0 aliphatic heterocycles. The summed E-state index contributed by atoms with van der Waals surface area (Å²) in [6.45, 7) is 5.76. The molecule has 6 heteroatoms. The van der Waals surface area contributed by atoms with Crippen LogP contribution in [-0.2, 0) is 0 Å². The SMILES string of the molecule is CCN(CC(C)(C)O)C(=O)c1c[nH]c(=O)[nH]1. The molecule has 6 nitrogen and oxygen atoms in total. The van der Waals surface area contributed by atoms with E-state index in [0.717, 1.165) is 0 Å². The molecule has 0 unspecified atom stereocenters. The number of nitrogens with one attached hydrogen (secondary N) is 2. The Labute approximate surface area is 93.3 Å². The number of hydrogen-bond donors (Lipinski definition) is 3. The molecule has 1 heterocycles. The number of aliphatic hydroxyl groups is 1. The van der Waals surface area contributed by atoms with Gasteiger partial charge in [0.2, 0.25) is 0 Å². The molecule has 0 atom stereocenters. The van der Waals surface area contributed by atoms with E-state index in [1.807, 2.05) is 6.92 Å². The fourth-order valence-electron chi connectivity index (χ4n) is 1.41. The number of likely N-dealkylation sites (N-methyl/N-ethyl adjacent to an activating group) is 1. The zero-order chi connectivity index (χ0) is 12.3. The van der Waals surface area contributed by atoms with Crippen molar-refractivity contribution in [2.75, 3.05) is 13.1 Å². The molecule has 90 valence electrons. The first kappa shape index (κ1) is 12.5. The molecule has 1 aromatic heterocycles. The van der Waals surface area contributed by atoms with E-state index < -0.39 is 11.3 Å². The van der Waals surface area contributed by atoms with E-state index in [1.165, 1.54) is 11.1 Å². The van der Waals surface area contributed by atoms with Gasteiger partial charge in [-0.15, -0.1) is 0 Å². The van der Waals surface area contributed by atoms with Crippen LogP contribution in [0.2, 0.25) is 0 Å². The van der Waals surface area contributed by atoms with Gasteiger partial charge in [-0.25, -0.2) is 4.79 Å². The van der Waals surface area contributed by atoms with Gasteiger partial charge in [-0.1, -0.05) is 0 Å². The molecule has 1 rings (SSSR count). The molecule has 16 heavy (non-hydrogen) atoms. The van der Waals surface area contributed by atoms with Crippen LogP contribution in [0.1, 0.15) is 31.3 Å². The summed E-state index contributed by atoms with van der Waals surface area (Å²) in [5.74, 6) is -0.303. The van der Waals surface area contributed by atoms with Gasteiger partial charge >= 0.3 is 5.69 Å². The number of H-pyrrole nitrogens is 2. The van der Waals surface area contributed by atoms with Gasteiger partial charge in [0.15, 0.2) is 0 Å². The Balaban J connectivity index is 2.82. The molecule has 0 saturated carbocycles. The van der Waals surface area contributed by atoms with Crippen molar-refractivity contribution >= 4 is 5.91 Å². The first-order valence-corrected chi connectivity index (χ1v) is 5.13. The molecule has 3 N–H and O–H groups in total. The van der Waals surface area contributed by atoms with Crippen molar-refractivity contribution in [2.24, 2.45) is 0 Å². The number of aromatic nitrogens is 2. The Kier molecular flexibility index (Phi) is 3.54. The molecule has 0 aromatic carbocycles. The van der Waals surface area contributed by atoms with Gasteiger partial charge in [-0.3, -0.25) is 4.79 Å². The highest BCUT2D eigenvalue weighted by atomic mass is 16.3. The lowest BCUT2D eigenvalue weighted by Crippen LogP contribution is -2.42. The molecule has 0 aliphatic rings. The van der Waals surface area contributed by atoms with E-state index in [4.69, 9.17) is 0 Å². The van der Waals surface area contributed by atoms with Crippen molar-refractivity contribution in [1.29, 1.82) is 0 Å². The number of rotatable bonds is 4. The highest BCUT2D eigenvalue weighted by Crippen LogP contribution is 2.07. The fourth-order valence-corrected chi connectivity index (χ4v) is 1.41. The summed E-state index contributed by atoms with van der Waals surface area (Å²) in [5.41, 5.74) is -1.17. The van der Waals surface area contributed by atoms with Crippen LogP contribution in [0.4, 0.5) is 0 Å². The smallest absolute Gasteiger partial charge is 0.323 e. The Hall–Kier alpha value is -1.56. The predicted octanol–water partition coefficient (Wildman–Crippen LogP) is -0.0640. The fraction of sp³-hybridized carbons (Fsp3) is 0.600. The van der Waals surface area contributed by atoms with E-state index in [9.17, 15) is 14.7 Å². The topological polar surface area (TPSA) is 89.2 Å². The standard InChI is InChI=1S/C10H17N3O3/c1-4-13(6-10(2,3)16)8(14)7-5-11-9(15)12-7/h5,16H,4,6H2,1-3H3,(H2,11,12,15). The number of aromatic amines is 2. The number of carbonyl (C=O) groups excluding carboxylic acids is 1. The number of hydrogen-bond acceptors (Lipinski definition) is 3. The maximum absolute atomic E-state index is 11.9. The minimum absolute atomic E-state index is 0.205. The number of amides is 1. The average molecular weight is 227 g/mol. The van der Waals surface area contributed by atoms with Crippen LogP contribution in [0, 0.1) is 0 Å². The Morgan fingerprint density at radius 3 is 2.56 bits per heavy atom. The van der Waals surface area contributed by atoms with E-state index >= 15 is 0 Å². The maximum atomic E-state index is 11.9. The van der Waals surface area contributed by atoms with Gasteiger partial charge in [0.25, 0.3) is 5.91 Å². The molecular weight excluding hydrogens is 210 g/mol. The maximum Gasteiger partial charge on any atom is 0.323 e. The number of imidazole rings is 1. The summed E-state index contributed by atoms with van der Waals surface area (Å²) in [7, 11) is 0. The summed E-state index contributed by atoms with van der Waals surface area (Å²) in [6.07, 6.45) is 1.33. The highest BCUT2D eigenvalue weighted by Gasteiger charge is 2.22. The lowest BCUT2D eigenvalue weighted by atomic mass is 10.1. The van der Waals surface area contributed by atoms with Gasteiger partial charge in [0, 0.05) is 19.3 Å². The van der Waals surface area contributed by atoms with Crippen LogP contribution in [0.15, 0.2) is 11.0 Å². The van der Waals surface area contributed by atoms with Gasteiger partial charge in [-0.05, 0) is 20.8 Å². The second kappa shape index (κ2) is 4.52. The minimum atomic E-state index is -0.956. The molecule has 1 aromatic rings. The monoisotopic (exact) mass is 227 g/mol. The number of carbonyl (C=O) groups is 1. The zero-order valence-electron chi connectivity index (χ0n) is 9.70. The first-order valence-electron chi connectivity index (χ1n) is 5.13. The lowest BCUT2D eigenvalue weighted by Gasteiger charge is -2.27. The Morgan fingerprint density at radius 2 is 2.19 bits per heavy atom. The van der Waals surface area contributed by atoms with E-state index in [2.05, 4.69) is 9.97 Å². The van der Waals surface area contributed by atoms with Gasteiger partial charge in [-0.2, -0.15) is 0 Å². The highest BCUT2D eigenvalue weighted by molar-refractivity contribution is 5.92. The molecular formula is C10H17N3O3. The molecule has 0 aliphatic carbocycles. The first-order chi connectivity index (χ1) is 7.33. The number of nitrogens with zero attached hydrogens (tertiary/aromatic N) is 1. The summed E-state index contributed by atoms with van der Waals surface area (Å²) >= 11 is 0. The van der Waals surface area contributed by atoms with Gasteiger partial charge in [0.1, 0.15) is 5.69 Å². The normalized spacial score (nSPS) is 11.5. The zero-order valence-corrected chi connectivity index (χ0v) is 9.70. The summed E-state index contributed by atoms with van der Waals surface area (Å²) in [5, 5.41) is 9.65. The van der Waals surface area contributed by atoms with Crippen LogP contribution in [0.5, 0.6) is 0 Å². The molecule has 0 fully saturated rings. The molecule has 0 bridgehead atoms. The van der Waals surface area contributed by atoms with Crippen molar-refractivity contribution in [1.82, 2.24) is 14.9 Å². The molecule has 0 spiro atoms. The Bertz CT molecular complexity index is 413. The second-order valence-electron chi connectivity index (χ2n) is 4.29. The van der Waals surface area contributed by atoms with Gasteiger partial charge < -0.3 is 20.0 Å². The largest absolute Gasteiger partial charge is 0.389 e. The van der Waals surface area contributed by atoms with Crippen molar-refractivity contribution in [3.8, 4) is 0 Å². The summed E-state index contributed by atoms with van der Waals surface area (Å²) in [6, 6.07) is 0. The molecule has 0 radical (unpaired) electrons. The van der Waals surface area contributed by atoms with Crippen LogP contribution < -0.4 is 5.69 Å². The third-order valence-electron chi connectivity index (χ3n) is 2.07. The van der Waals surface area contributed by atoms with Crippen molar-refractivity contribution in [3.05, 3.63) is 22.4 Å². The minimum Gasteiger partial charge on any atom is -0.389 e. The molecule has 1 amide bonds. The van der Waals surface area contributed by atoms with Crippen LogP contribution in [-0.4, -0.2) is 44.6 Å². The summed E-state index contributed by atoms with van der Waals surface area (Å²) < 4.78 is 0. The second-order valence-corrected chi connectivity index (χ2v) is 4.29. The molecule has 0 saturated heterocycles. The van der Waals surface area contributed by atoms with Crippen molar-refractivity contribution < 1.29 is 9.90 Å². The lowest BCUT2D eigenvalue weighted by molar-refractivity contribution is 0.0312. The quantitative estimate of drug-likeness (QED) is 0.673. The van der Waals surface area contributed by atoms with Crippen LogP contribution in [0.25, 0.3) is 0 Å². The predicted molar refractivity (Wildman–Crippen MR) is 59.3 cm³/mol. The Morgan fingerprint density at radius 1 is 1.56 bits per heavy atom. The van der Waals surface area contributed by atoms with E-state index in [-0.39, 0.29) is 18.1 Å².